The number of nitrogens with zero attached hydrogens (tertiary/aromatic N) is 2. The quantitative estimate of drug-likeness (QED) is 0.827. The second-order valence-electron chi connectivity index (χ2n) is 4.72. The van der Waals surface area contributed by atoms with E-state index in [4.69, 9.17) is 11.6 Å². The zero-order valence-electron chi connectivity index (χ0n) is 10.5. The van der Waals surface area contributed by atoms with Crippen LogP contribution in [0.15, 0.2) is 30.3 Å². The van der Waals surface area contributed by atoms with Crippen LogP contribution in [0.1, 0.15) is 23.0 Å². The standard InChI is InChI=1S/C14H14ClN3O/c1-8-16-12(15)7-13(17-8)18-14-10-5-3-2-4-9(10)6-11(14)19/h2-5,7,11,14,19H,6H2,1H3,(H,16,17,18)/t11-,14+/m1/s1. The van der Waals surface area contributed by atoms with Crippen molar-refractivity contribution in [1.82, 2.24) is 9.97 Å². The fraction of sp³-hybridized carbons (Fsp3) is 0.286. The third kappa shape index (κ3) is 2.41. The van der Waals surface area contributed by atoms with Gasteiger partial charge in [0.15, 0.2) is 0 Å². The predicted octanol–water partition coefficient (Wildman–Crippen LogP) is 2.51. The normalized spacial score (nSPS) is 21.2. The minimum Gasteiger partial charge on any atom is -0.390 e. The molecule has 0 aliphatic heterocycles. The summed E-state index contributed by atoms with van der Waals surface area (Å²) >= 11 is 5.92. The van der Waals surface area contributed by atoms with Crippen molar-refractivity contribution < 1.29 is 5.11 Å². The second kappa shape index (κ2) is 4.79. The van der Waals surface area contributed by atoms with Gasteiger partial charge in [0.2, 0.25) is 0 Å². The summed E-state index contributed by atoms with van der Waals surface area (Å²) in [6.07, 6.45) is 0.206. The van der Waals surface area contributed by atoms with Crippen LogP contribution in [0, 0.1) is 6.92 Å². The highest BCUT2D eigenvalue weighted by Crippen LogP contribution is 2.33. The third-order valence-corrected chi connectivity index (χ3v) is 3.51. The first-order valence-corrected chi connectivity index (χ1v) is 6.55. The van der Waals surface area contributed by atoms with Crippen molar-refractivity contribution in [2.45, 2.75) is 25.5 Å². The lowest BCUT2D eigenvalue weighted by atomic mass is 10.1. The fourth-order valence-corrected chi connectivity index (χ4v) is 2.74. The molecule has 0 radical (unpaired) electrons. The topological polar surface area (TPSA) is 58.0 Å². The van der Waals surface area contributed by atoms with Crippen LogP contribution in [0.25, 0.3) is 0 Å². The lowest BCUT2D eigenvalue weighted by Gasteiger charge is -2.18. The molecule has 1 aromatic heterocycles. The summed E-state index contributed by atoms with van der Waals surface area (Å²) in [5, 5.41) is 13.8. The lowest BCUT2D eigenvalue weighted by Crippen LogP contribution is -2.21. The molecule has 0 unspecified atom stereocenters. The van der Waals surface area contributed by atoms with Crippen molar-refractivity contribution in [3.8, 4) is 0 Å². The van der Waals surface area contributed by atoms with Crippen LogP contribution >= 0.6 is 11.6 Å². The minimum atomic E-state index is -0.452. The number of fused-ring (bicyclic) bond motifs is 1. The molecule has 3 rings (SSSR count). The lowest BCUT2D eigenvalue weighted by molar-refractivity contribution is 0.165. The Kier molecular flexibility index (Phi) is 3.12. The summed E-state index contributed by atoms with van der Waals surface area (Å²) in [7, 11) is 0. The number of nitrogens with one attached hydrogen (secondary N) is 1. The average molecular weight is 276 g/mol. The van der Waals surface area contributed by atoms with E-state index in [1.165, 1.54) is 5.56 Å². The van der Waals surface area contributed by atoms with Crippen molar-refractivity contribution in [3.05, 3.63) is 52.4 Å². The summed E-state index contributed by atoms with van der Waals surface area (Å²) in [4.78, 5) is 8.31. The van der Waals surface area contributed by atoms with Crippen LogP contribution in [0.3, 0.4) is 0 Å². The van der Waals surface area contributed by atoms with Crippen molar-refractivity contribution in [3.63, 3.8) is 0 Å². The smallest absolute Gasteiger partial charge is 0.134 e. The number of hydrogen-bond donors (Lipinski definition) is 2. The first-order valence-electron chi connectivity index (χ1n) is 6.17. The van der Waals surface area contributed by atoms with E-state index in [0.717, 1.165) is 5.56 Å². The van der Waals surface area contributed by atoms with Gasteiger partial charge in [-0.05, 0) is 18.1 Å². The van der Waals surface area contributed by atoms with Crippen molar-refractivity contribution in [2.75, 3.05) is 5.32 Å². The fourth-order valence-electron chi connectivity index (χ4n) is 2.51. The maximum Gasteiger partial charge on any atom is 0.134 e. The van der Waals surface area contributed by atoms with Crippen molar-refractivity contribution >= 4 is 17.4 Å². The summed E-state index contributed by atoms with van der Waals surface area (Å²) < 4.78 is 0. The summed E-state index contributed by atoms with van der Waals surface area (Å²) in [6, 6.07) is 9.55. The molecule has 0 saturated heterocycles. The number of halogens is 1. The van der Waals surface area contributed by atoms with Gasteiger partial charge in [0.05, 0.1) is 12.1 Å². The van der Waals surface area contributed by atoms with Gasteiger partial charge in [-0.2, -0.15) is 0 Å². The number of rotatable bonds is 2. The molecule has 0 saturated carbocycles. The number of aromatic nitrogens is 2. The molecular weight excluding hydrogens is 262 g/mol. The molecule has 98 valence electrons. The molecule has 2 atom stereocenters. The largest absolute Gasteiger partial charge is 0.390 e. The molecule has 4 nitrogen and oxygen atoms in total. The molecule has 2 N–H and O–H groups in total. The second-order valence-corrected chi connectivity index (χ2v) is 5.10. The van der Waals surface area contributed by atoms with E-state index in [1.54, 1.807) is 13.0 Å². The average Bonchev–Trinajstić information content (AvgIpc) is 2.65. The molecule has 0 bridgehead atoms. The van der Waals surface area contributed by atoms with E-state index < -0.39 is 6.10 Å². The molecule has 0 fully saturated rings. The number of aliphatic hydroxyl groups is 1. The molecule has 19 heavy (non-hydrogen) atoms. The van der Waals surface area contributed by atoms with Crippen LogP contribution in [0.4, 0.5) is 5.82 Å². The van der Waals surface area contributed by atoms with Gasteiger partial charge in [-0.1, -0.05) is 35.9 Å². The molecular formula is C14H14ClN3O. The van der Waals surface area contributed by atoms with E-state index >= 15 is 0 Å². The Labute approximate surface area is 116 Å². The van der Waals surface area contributed by atoms with Gasteiger partial charge in [0.1, 0.15) is 16.8 Å². The van der Waals surface area contributed by atoms with Gasteiger partial charge in [0.25, 0.3) is 0 Å². The highest BCUT2D eigenvalue weighted by molar-refractivity contribution is 6.29. The predicted molar refractivity (Wildman–Crippen MR) is 74.3 cm³/mol. The SMILES string of the molecule is Cc1nc(Cl)cc(N[C@H]2c3ccccc3C[C@H]2O)n1. The van der Waals surface area contributed by atoms with Gasteiger partial charge in [0, 0.05) is 12.5 Å². The number of anilines is 1. The highest BCUT2D eigenvalue weighted by Gasteiger charge is 2.30. The Hall–Kier alpha value is -1.65. The minimum absolute atomic E-state index is 0.151. The number of benzene rings is 1. The molecule has 0 amide bonds. The third-order valence-electron chi connectivity index (χ3n) is 3.31. The molecule has 1 aliphatic carbocycles. The first kappa shape index (κ1) is 12.4. The van der Waals surface area contributed by atoms with E-state index in [1.807, 2.05) is 24.3 Å². The van der Waals surface area contributed by atoms with E-state index in [2.05, 4.69) is 15.3 Å². The summed E-state index contributed by atoms with van der Waals surface area (Å²) in [6.45, 7) is 1.79. The molecule has 1 aromatic carbocycles. The number of hydrogen-bond acceptors (Lipinski definition) is 4. The van der Waals surface area contributed by atoms with Crippen LogP contribution in [-0.4, -0.2) is 21.2 Å². The van der Waals surface area contributed by atoms with Crippen LogP contribution in [-0.2, 0) is 6.42 Å². The Balaban J connectivity index is 1.91. The molecule has 0 spiro atoms. The van der Waals surface area contributed by atoms with Gasteiger partial charge in [-0.25, -0.2) is 9.97 Å². The molecule has 5 heteroatoms. The Morgan fingerprint density at radius 2 is 2.11 bits per heavy atom. The van der Waals surface area contributed by atoms with Crippen molar-refractivity contribution in [2.24, 2.45) is 0 Å². The Bertz CT molecular complexity index is 597. The van der Waals surface area contributed by atoms with E-state index in [-0.39, 0.29) is 6.04 Å². The maximum atomic E-state index is 10.2. The van der Waals surface area contributed by atoms with Gasteiger partial charge < -0.3 is 10.4 Å². The van der Waals surface area contributed by atoms with Crippen LogP contribution < -0.4 is 5.32 Å². The maximum absolute atomic E-state index is 10.2. The zero-order chi connectivity index (χ0) is 13.4. The molecule has 1 heterocycles. The van der Waals surface area contributed by atoms with Crippen LogP contribution in [0.2, 0.25) is 5.15 Å². The molecule has 2 aromatic rings. The van der Waals surface area contributed by atoms with Crippen LogP contribution in [0.5, 0.6) is 0 Å². The Morgan fingerprint density at radius 1 is 1.32 bits per heavy atom. The highest BCUT2D eigenvalue weighted by atomic mass is 35.5. The number of aliphatic hydroxyl groups excluding tert-OH is 1. The van der Waals surface area contributed by atoms with Crippen molar-refractivity contribution in [1.29, 1.82) is 0 Å². The number of aryl methyl sites for hydroxylation is 1. The molecule has 1 aliphatic rings. The Morgan fingerprint density at radius 3 is 2.89 bits per heavy atom. The van der Waals surface area contributed by atoms with E-state index in [9.17, 15) is 5.11 Å². The zero-order valence-corrected chi connectivity index (χ0v) is 11.2. The summed E-state index contributed by atoms with van der Waals surface area (Å²) in [5.41, 5.74) is 2.28. The van der Waals surface area contributed by atoms with Gasteiger partial charge in [-0.15, -0.1) is 0 Å². The monoisotopic (exact) mass is 275 g/mol. The van der Waals surface area contributed by atoms with Gasteiger partial charge in [-0.3, -0.25) is 0 Å². The summed E-state index contributed by atoms with van der Waals surface area (Å²) in [5.74, 6) is 1.24. The van der Waals surface area contributed by atoms with E-state index in [0.29, 0.717) is 23.2 Å². The van der Waals surface area contributed by atoms with Gasteiger partial charge >= 0.3 is 0 Å². The first-order chi connectivity index (χ1) is 9.13.